The number of ketones is 1. The number of aromatic amines is 1. The number of hydrogen-bond acceptors (Lipinski definition) is 4. The number of amides is 1. The molecular weight excluding hydrogens is 406 g/mol. The molecule has 1 atom stereocenters. The van der Waals surface area contributed by atoms with Gasteiger partial charge >= 0.3 is 0 Å². The van der Waals surface area contributed by atoms with E-state index in [0.29, 0.717) is 16.5 Å². The molecule has 2 N–H and O–H groups in total. The van der Waals surface area contributed by atoms with Crippen molar-refractivity contribution < 1.29 is 27.9 Å². The fourth-order valence-corrected chi connectivity index (χ4v) is 3.88. The maximum absolute atomic E-state index is 14.6. The highest BCUT2D eigenvalue weighted by Crippen LogP contribution is 2.43. The number of aliphatic hydroxyl groups excluding tert-OH is 1. The minimum atomic E-state index is -1.28. The fraction of sp³-hybridized carbons (Fsp3) is 0.0435. The van der Waals surface area contributed by atoms with E-state index in [4.69, 9.17) is 4.42 Å². The number of nitrogens with one attached hydrogen (secondary N) is 1. The van der Waals surface area contributed by atoms with Crippen molar-refractivity contribution in [2.24, 2.45) is 0 Å². The highest BCUT2D eigenvalue weighted by Gasteiger charge is 2.49. The zero-order valence-electron chi connectivity index (χ0n) is 15.8. The molecule has 4 aromatic rings. The molecule has 2 aromatic heterocycles. The number of aromatic nitrogens is 1. The van der Waals surface area contributed by atoms with Crippen molar-refractivity contribution in [3.8, 4) is 0 Å². The number of aliphatic hydroxyl groups is 1. The number of anilines is 1. The zero-order valence-corrected chi connectivity index (χ0v) is 15.8. The van der Waals surface area contributed by atoms with Crippen LogP contribution in [0, 0.1) is 11.6 Å². The van der Waals surface area contributed by atoms with Gasteiger partial charge in [0.2, 0.25) is 0 Å². The van der Waals surface area contributed by atoms with Crippen molar-refractivity contribution >= 4 is 34.0 Å². The van der Waals surface area contributed by atoms with Crippen LogP contribution >= 0.6 is 0 Å². The second kappa shape index (κ2) is 6.94. The first-order valence-corrected chi connectivity index (χ1v) is 9.33. The molecule has 1 amide bonds. The molecule has 0 radical (unpaired) electrons. The van der Waals surface area contributed by atoms with Crippen molar-refractivity contribution in [1.29, 1.82) is 0 Å². The van der Waals surface area contributed by atoms with E-state index < -0.39 is 40.8 Å². The van der Waals surface area contributed by atoms with E-state index in [9.17, 15) is 23.5 Å². The quantitative estimate of drug-likeness (QED) is 0.287. The van der Waals surface area contributed by atoms with Crippen LogP contribution < -0.4 is 4.90 Å². The smallest absolute Gasteiger partial charge is 0.300 e. The molecule has 3 heterocycles. The lowest BCUT2D eigenvalue weighted by atomic mass is 9.99. The topological polar surface area (TPSA) is 86.5 Å². The highest BCUT2D eigenvalue weighted by atomic mass is 19.1. The molecule has 1 saturated heterocycles. The van der Waals surface area contributed by atoms with Crippen molar-refractivity contribution in [2.75, 3.05) is 4.90 Å². The van der Waals surface area contributed by atoms with Gasteiger partial charge in [0.05, 0.1) is 17.5 Å². The molecule has 0 spiro atoms. The largest absolute Gasteiger partial charge is 0.507 e. The molecule has 1 unspecified atom stereocenters. The van der Waals surface area contributed by atoms with Crippen LogP contribution in [0.2, 0.25) is 0 Å². The van der Waals surface area contributed by atoms with Crippen molar-refractivity contribution in [3.05, 3.63) is 95.6 Å². The van der Waals surface area contributed by atoms with Crippen LogP contribution in [0.15, 0.2) is 77.0 Å². The summed E-state index contributed by atoms with van der Waals surface area (Å²) in [5.41, 5.74) is 0.295. The predicted molar refractivity (Wildman–Crippen MR) is 108 cm³/mol. The van der Waals surface area contributed by atoms with Crippen LogP contribution in [-0.4, -0.2) is 21.8 Å². The lowest BCUT2D eigenvalue weighted by Gasteiger charge is -2.23. The van der Waals surface area contributed by atoms with Crippen molar-refractivity contribution in [3.63, 3.8) is 0 Å². The number of furan rings is 1. The summed E-state index contributed by atoms with van der Waals surface area (Å²) in [6, 6.07) is 11.4. The van der Waals surface area contributed by atoms with E-state index in [1.54, 1.807) is 24.3 Å². The Kier molecular flexibility index (Phi) is 4.21. The SMILES string of the molecule is O=C1C(=O)N(c2cc(F)ccc2F)C(c2ccco2)/C1=C(/O)c1c[nH]c2ccccc12. The number of halogens is 2. The van der Waals surface area contributed by atoms with Crippen LogP contribution in [0.5, 0.6) is 0 Å². The number of carbonyl (C=O) groups excluding carboxylic acids is 2. The maximum atomic E-state index is 14.6. The monoisotopic (exact) mass is 420 g/mol. The van der Waals surface area contributed by atoms with Gasteiger partial charge in [0.15, 0.2) is 0 Å². The summed E-state index contributed by atoms with van der Waals surface area (Å²) < 4.78 is 33.8. The normalized spacial score (nSPS) is 18.3. The molecule has 2 aromatic carbocycles. The molecule has 31 heavy (non-hydrogen) atoms. The summed E-state index contributed by atoms with van der Waals surface area (Å²) in [4.78, 5) is 29.7. The number of nitrogens with zero attached hydrogens (tertiary/aromatic N) is 1. The second-order valence-corrected chi connectivity index (χ2v) is 7.03. The van der Waals surface area contributed by atoms with Crippen LogP contribution in [0.25, 0.3) is 16.7 Å². The van der Waals surface area contributed by atoms with Crippen LogP contribution in [0.1, 0.15) is 17.4 Å². The number of hydrogen-bond donors (Lipinski definition) is 2. The van der Waals surface area contributed by atoms with Gasteiger partial charge in [0.1, 0.15) is 29.2 Å². The average Bonchev–Trinajstić information content (AvgIpc) is 3.49. The summed E-state index contributed by atoms with van der Waals surface area (Å²) in [5, 5.41) is 11.7. The van der Waals surface area contributed by atoms with E-state index in [-0.39, 0.29) is 11.3 Å². The van der Waals surface area contributed by atoms with E-state index in [1.807, 2.05) is 0 Å². The third kappa shape index (κ3) is 2.83. The van der Waals surface area contributed by atoms with Gasteiger partial charge in [-0.05, 0) is 30.3 Å². The first-order valence-electron chi connectivity index (χ1n) is 9.33. The molecule has 8 heteroatoms. The molecule has 6 nitrogen and oxygen atoms in total. The molecule has 1 fully saturated rings. The Bertz CT molecular complexity index is 1370. The lowest BCUT2D eigenvalue weighted by molar-refractivity contribution is -0.132. The van der Waals surface area contributed by atoms with Crippen molar-refractivity contribution in [2.45, 2.75) is 6.04 Å². The van der Waals surface area contributed by atoms with E-state index in [1.165, 1.54) is 24.6 Å². The molecule has 0 aliphatic carbocycles. The minimum Gasteiger partial charge on any atom is -0.507 e. The summed E-state index contributed by atoms with van der Waals surface area (Å²) in [6.45, 7) is 0. The molecule has 0 saturated carbocycles. The average molecular weight is 420 g/mol. The zero-order chi connectivity index (χ0) is 21.7. The van der Waals surface area contributed by atoms with Gasteiger partial charge < -0.3 is 14.5 Å². The number of Topliss-reactive ketones (excluding diaryl/α,β-unsaturated/α-hetero) is 1. The maximum Gasteiger partial charge on any atom is 0.300 e. The molecule has 1 aliphatic rings. The minimum absolute atomic E-state index is 0.115. The number of H-pyrrole nitrogens is 1. The van der Waals surface area contributed by atoms with Crippen LogP contribution in [0.4, 0.5) is 14.5 Å². The summed E-state index contributed by atoms with van der Waals surface area (Å²) in [6.07, 6.45) is 2.83. The molecule has 154 valence electrons. The Morgan fingerprint density at radius 1 is 1.06 bits per heavy atom. The molecule has 1 aliphatic heterocycles. The van der Waals surface area contributed by atoms with Gasteiger partial charge in [0.25, 0.3) is 11.7 Å². The van der Waals surface area contributed by atoms with Gasteiger partial charge in [-0.2, -0.15) is 0 Å². The molecular formula is C23H14F2N2O4. The Hall–Kier alpha value is -4.20. The number of rotatable bonds is 3. The fourth-order valence-electron chi connectivity index (χ4n) is 3.88. The van der Waals surface area contributed by atoms with Gasteiger partial charge in [-0.1, -0.05) is 18.2 Å². The summed E-state index contributed by atoms with van der Waals surface area (Å²) in [5.74, 6) is -4.15. The summed E-state index contributed by atoms with van der Waals surface area (Å²) >= 11 is 0. The number of carbonyl (C=O) groups is 2. The Morgan fingerprint density at radius 2 is 1.87 bits per heavy atom. The van der Waals surface area contributed by atoms with Crippen LogP contribution in [-0.2, 0) is 9.59 Å². The highest BCUT2D eigenvalue weighted by molar-refractivity contribution is 6.51. The Balaban J connectivity index is 1.77. The lowest BCUT2D eigenvalue weighted by Crippen LogP contribution is -2.30. The summed E-state index contributed by atoms with van der Waals surface area (Å²) in [7, 11) is 0. The van der Waals surface area contributed by atoms with Crippen molar-refractivity contribution in [1.82, 2.24) is 4.98 Å². The van der Waals surface area contributed by atoms with Gasteiger partial charge in [-0.3, -0.25) is 14.5 Å². The third-order valence-electron chi connectivity index (χ3n) is 5.27. The second-order valence-electron chi connectivity index (χ2n) is 7.03. The van der Waals surface area contributed by atoms with Gasteiger partial charge in [-0.25, -0.2) is 8.78 Å². The standard InChI is InChI=1S/C23H14F2N2O4/c24-12-7-8-15(25)17(10-12)27-20(18-6-3-9-31-18)19(22(29)23(27)30)21(28)14-11-26-16-5-2-1-4-13(14)16/h1-11,20,26,28H/b21-19-. The van der Waals surface area contributed by atoms with E-state index in [2.05, 4.69) is 4.98 Å². The predicted octanol–water partition coefficient (Wildman–Crippen LogP) is 4.67. The van der Waals surface area contributed by atoms with E-state index >= 15 is 0 Å². The Labute approximate surface area is 174 Å². The number of benzene rings is 2. The van der Waals surface area contributed by atoms with E-state index in [0.717, 1.165) is 23.1 Å². The number of para-hydroxylation sites is 1. The Morgan fingerprint density at radius 3 is 2.65 bits per heavy atom. The third-order valence-corrected chi connectivity index (χ3v) is 5.27. The molecule has 5 rings (SSSR count). The van der Waals surface area contributed by atoms with Crippen LogP contribution in [0.3, 0.4) is 0 Å². The molecule has 0 bridgehead atoms. The number of fused-ring (bicyclic) bond motifs is 1. The van der Waals surface area contributed by atoms with Gasteiger partial charge in [-0.15, -0.1) is 0 Å². The van der Waals surface area contributed by atoms with Gasteiger partial charge in [0, 0.05) is 28.7 Å². The first-order chi connectivity index (χ1) is 15.0. The first kappa shape index (κ1) is 18.8.